The molecule has 0 fully saturated rings. The van der Waals surface area contributed by atoms with Crippen LogP contribution in [0.5, 0.6) is 0 Å². The SMILES string of the molecule is CN=C(NCc1ccc(Br)c(F)c1)N(C)Cc1ccon1. The number of guanidine groups is 1. The molecule has 0 aliphatic carbocycles. The van der Waals surface area contributed by atoms with Gasteiger partial charge in [0.2, 0.25) is 0 Å². The molecule has 0 unspecified atom stereocenters. The van der Waals surface area contributed by atoms with Crippen LogP contribution < -0.4 is 5.32 Å². The van der Waals surface area contributed by atoms with Gasteiger partial charge in [-0.1, -0.05) is 11.2 Å². The molecule has 0 saturated carbocycles. The van der Waals surface area contributed by atoms with Gasteiger partial charge in [0.25, 0.3) is 0 Å². The van der Waals surface area contributed by atoms with Gasteiger partial charge in [-0.2, -0.15) is 0 Å². The predicted molar refractivity (Wildman–Crippen MR) is 82.3 cm³/mol. The summed E-state index contributed by atoms with van der Waals surface area (Å²) in [5.41, 5.74) is 1.65. The molecule has 1 aromatic carbocycles. The number of nitrogens with zero attached hydrogens (tertiary/aromatic N) is 3. The van der Waals surface area contributed by atoms with E-state index in [9.17, 15) is 4.39 Å². The van der Waals surface area contributed by atoms with Crippen LogP contribution in [0.3, 0.4) is 0 Å². The molecule has 1 N–H and O–H groups in total. The van der Waals surface area contributed by atoms with Crippen molar-refractivity contribution in [3.63, 3.8) is 0 Å². The molecule has 0 atom stereocenters. The highest BCUT2D eigenvalue weighted by Crippen LogP contribution is 2.16. The monoisotopic (exact) mass is 354 g/mol. The van der Waals surface area contributed by atoms with Crippen molar-refractivity contribution in [2.24, 2.45) is 4.99 Å². The number of halogens is 2. The number of nitrogens with one attached hydrogen (secondary N) is 1. The van der Waals surface area contributed by atoms with E-state index in [0.717, 1.165) is 11.3 Å². The molecule has 0 amide bonds. The van der Waals surface area contributed by atoms with Gasteiger partial charge in [0.05, 0.1) is 11.0 Å². The molecule has 0 aliphatic rings. The first-order valence-corrected chi connectivity index (χ1v) is 7.14. The van der Waals surface area contributed by atoms with Crippen molar-refractivity contribution in [3.8, 4) is 0 Å². The summed E-state index contributed by atoms with van der Waals surface area (Å²) >= 11 is 3.14. The summed E-state index contributed by atoms with van der Waals surface area (Å²) in [5, 5.41) is 7.04. The van der Waals surface area contributed by atoms with Gasteiger partial charge in [-0.25, -0.2) is 4.39 Å². The van der Waals surface area contributed by atoms with Crippen LogP contribution in [0.2, 0.25) is 0 Å². The van der Waals surface area contributed by atoms with Gasteiger partial charge in [0.15, 0.2) is 5.96 Å². The lowest BCUT2D eigenvalue weighted by molar-refractivity contribution is 0.391. The van der Waals surface area contributed by atoms with E-state index in [2.05, 4.69) is 31.4 Å². The highest BCUT2D eigenvalue weighted by atomic mass is 79.9. The first-order chi connectivity index (χ1) is 10.1. The summed E-state index contributed by atoms with van der Waals surface area (Å²) in [6, 6.07) is 6.83. The lowest BCUT2D eigenvalue weighted by atomic mass is 10.2. The standard InChI is InChI=1S/C14H16BrFN4O/c1-17-14(20(2)9-11-5-6-21-19-11)18-8-10-3-4-12(15)13(16)7-10/h3-7H,8-9H2,1-2H3,(H,17,18). The lowest BCUT2D eigenvalue weighted by Crippen LogP contribution is -2.38. The number of aliphatic imine (C=N–C) groups is 1. The van der Waals surface area contributed by atoms with Gasteiger partial charge in [-0.05, 0) is 33.6 Å². The topological polar surface area (TPSA) is 53.7 Å². The van der Waals surface area contributed by atoms with Crippen LogP contribution in [0.1, 0.15) is 11.3 Å². The summed E-state index contributed by atoms with van der Waals surface area (Å²) in [7, 11) is 3.59. The molecular formula is C14H16BrFN4O. The number of rotatable bonds is 4. The zero-order valence-electron chi connectivity index (χ0n) is 11.8. The summed E-state index contributed by atoms with van der Waals surface area (Å²) < 4.78 is 18.7. The Morgan fingerprint density at radius 3 is 2.90 bits per heavy atom. The van der Waals surface area contributed by atoms with Crippen LogP contribution in [0.4, 0.5) is 4.39 Å². The Bertz CT molecular complexity index is 615. The Hall–Kier alpha value is -1.89. The molecule has 21 heavy (non-hydrogen) atoms. The third-order valence-corrected chi connectivity index (χ3v) is 3.54. The number of aromatic nitrogens is 1. The van der Waals surface area contributed by atoms with Crippen molar-refractivity contribution >= 4 is 21.9 Å². The highest BCUT2D eigenvalue weighted by molar-refractivity contribution is 9.10. The van der Waals surface area contributed by atoms with Crippen LogP contribution in [-0.2, 0) is 13.1 Å². The molecule has 112 valence electrons. The van der Waals surface area contributed by atoms with Crippen LogP contribution in [-0.4, -0.2) is 30.1 Å². The second kappa shape index (κ2) is 7.21. The summed E-state index contributed by atoms with van der Waals surface area (Å²) in [5.74, 6) is 0.418. The van der Waals surface area contributed by atoms with Gasteiger partial charge >= 0.3 is 0 Å². The normalized spacial score (nSPS) is 11.5. The van der Waals surface area contributed by atoms with Crippen molar-refractivity contribution < 1.29 is 8.91 Å². The third-order valence-electron chi connectivity index (χ3n) is 2.90. The fourth-order valence-corrected chi connectivity index (χ4v) is 2.10. The highest BCUT2D eigenvalue weighted by Gasteiger charge is 2.09. The maximum Gasteiger partial charge on any atom is 0.194 e. The molecule has 2 rings (SSSR count). The Morgan fingerprint density at radius 2 is 2.29 bits per heavy atom. The Kier molecular flexibility index (Phi) is 5.32. The van der Waals surface area contributed by atoms with Crippen LogP contribution in [0, 0.1) is 5.82 Å². The predicted octanol–water partition coefficient (Wildman–Crippen LogP) is 2.78. The second-order valence-corrected chi connectivity index (χ2v) is 5.35. The lowest BCUT2D eigenvalue weighted by Gasteiger charge is -2.21. The Morgan fingerprint density at radius 1 is 1.48 bits per heavy atom. The minimum Gasteiger partial charge on any atom is -0.364 e. The third kappa shape index (κ3) is 4.29. The van der Waals surface area contributed by atoms with E-state index >= 15 is 0 Å². The minimum atomic E-state index is -0.278. The van der Waals surface area contributed by atoms with E-state index in [1.54, 1.807) is 19.2 Å². The van der Waals surface area contributed by atoms with Gasteiger partial charge in [0.1, 0.15) is 17.8 Å². The number of hydrogen-bond donors (Lipinski definition) is 1. The van der Waals surface area contributed by atoms with Gasteiger partial charge < -0.3 is 14.7 Å². The van der Waals surface area contributed by atoms with E-state index < -0.39 is 0 Å². The van der Waals surface area contributed by atoms with Crippen LogP contribution >= 0.6 is 15.9 Å². The molecule has 7 heteroatoms. The smallest absolute Gasteiger partial charge is 0.194 e. The van der Waals surface area contributed by atoms with E-state index in [0.29, 0.717) is 23.5 Å². The largest absolute Gasteiger partial charge is 0.364 e. The molecule has 0 bridgehead atoms. The zero-order valence-corrected chi connectivity index (χ0v) is 13.4. The molecular weight excluding hydrogens is 339 g/mol. The Labute approximate surface area is 131 Å². The molecule has 1 aromatic heterocycles. The van der Waals surface area contributed by atoms with Crippen LogP contribution in [0.15, 0.2) is 44.5 Å². The Balaban J connectivity index is 1.94. The fraction of sp³-hybridized carbons (Fsp3) is 0.286. The molecule has 0 aliphatic heterocycles. The average Bonchev–Trinajstić information content (AvgIpc) is 2.96. The van der Waals surface area contributed by atoms with E-state index in [1.165, 1.54) is 12.3 Å². The molecule has 1 heterocycles. The fourth-order valence-electron chi connectivity index (χ4n) is 1.85. The maximum atomic E-state index is 13.5. The average molecular weight is 355 g/mol. The van der Waals surface area contributed by atoms with Crippen molar-refractivity contribution in [1.29, 1.82) is 0 Å². The molecule has 0 saturated heterocycles. The van der Waals surface area contributed by atoms with Gasteiger partial charge in [-0.15, -0.1) is 0 Å². The van der Waals surface area contributed by atoms with Crippen molar-refractivity contribution in [3.05, 3.63) is 52.1 Å². The number of hydrogen-bond acceptors (Lipinski definition) is 3. The van der Waals surface area contributed by atoms with Gasteiger partial charge in [-0.3, -0.25) is 4.99 Å². The summed E-state index contributed by atoms with van der Waals surface area (Å²) in [6.45, 7) is 1.06. The molecule has 0 spiro atoms. The summed E-state index contributed by atoms with van der Waals surface area (Å²) in [4.78, 5) is 6.10. The summed E-state index contributed by atoms with van der Waals surface area (Å²) in [6.07, 6.45) is 1.53. The minimum absolute atomic E-state index is 0.278. The van der Waals surface area contributed by atoms with Gasteiger partial charge in [0, 0.05) is 26.7 Å². The van der Waals surface area contributed by atoms with Crippen molar-refractivity contribution in [2.75, 3.05) is 14.1 Å². The van der Waals surface area contributed by atoms with Crippen molar-refractivity contribution in [2.45, 2.75) is 13.1 Å². The van der Waals surface area contributed by atoms with E-state index in [4.69, 9.17) is 4.52 Å². The van der Waals surface area contributed by atoms with Crippen LogP contribution in [0.25, 0.3) is 0 Å². The first kappa shape index (κ1) is 15.5. The number of benzene rings is 1. The second-order valence-electron chi connectivity index (χ2n) is 4.50. The zero-order chi connectivity index (χ0) is 15.2. The van der Waals surface area contributed by atoms with E-state index in [-0.39, 0.29) is 5.82 Å². The van der Waals surface area contributed by atoms with E-state index in [1.807, 2.05) is 18.0 Å². The quantitative estimate of drug-likeness (QED) is 0.677. The first-order valence-electron chi connectivity index (χ1n) is 6.35. The molecule has 5 nitrogen and oxygen atoms in total. The maximum absolute atomic E-state index is 13.5. The molecule has 2 aromatic rings. The van der Waals surface area contributed by atoms with Crippen molar-refractivity contribution in [1.82, 2.24) is 15.4 Å². The molecule has 0 radical (unpaired) electrons.